The number of ether oxygens (including phenoxy) is 1. The highest BCUT2D eigenvalue weighted by Crippen LogP contribution is 2.34. The maximum atomic E-state index is 11.0. The fourth-order valence-corrected chi connectivity index (χ4v) is 3.71. The minimum atomic E-state index is -1.56. The van der Waals surface area contributed by atoms with Crippen LogP contribution in [0.15, 0.2) is 54.6 Å². The number of hydrogen-bond acceptors (Lipinski definition) is 9. The van der Waals surface area contributed by atoms with Crippen LogP contribution >= 0.6 is 0 Å². The molecule has 0 spiro atoms. The Labute approximate surface area is 182 Å². The topological polar surface area (TPSA) is 164 Å². The summed E-state index contributed by atoms with van der Waals surface area (Å²) in [6, 6.07) is 15.1. The minimum Gasteiger partial charge on any atom is -0.394 e. The van der Waals surface area contributed by atoms with Gasteiger partial charge in [-0.25, -0.2) is 0 Å². The average molecular weight is 442 g/mol. The summed E-state index contributed by atoms with van der Waals surface area (Å²) in [7, 11) is 0. The van der Waals surface area contributed by atoms with E-state index >= 15 is 0 Å². The van der Waals surface area contributed by atoms with Crippen molar-refractivity contribution in [2.24, 2.45) is 0 Å². The predicted molar refractivity (Wildman–Crippen MR) is 110 cm³/mol. The Kier molecular flexibility index (Phi) is 6.26. The second-order valence-corrected chi connectivity index (χ2v) is 7.51. The van der Waals surface area contributed by atoms with E-state index in [1.807, 2.05) is 30.3 Å². The molecular formula is C21H22N4O7. The third-order valence-corrected chi connectivity index (χ3v) is 5.45. The Balaban J connectivity index is 1.78. The molecule has 3 aromatic rings. The molecule has 1 aliphatic heterocycles. The van der Waals surface area contributed by atoms with Crippen LogP contribution in [0.2, 0.25) is 0 Å². The van der Waals surface area contributed by atoms with Crippen LogP contribution in [0.25, 0.3) is 11.4 Å². The fraction of sp³-hybridized carbons (Fsp3) is 0.333. The highest BCUT2D eigenvalue weighted by molar-refractivity contribution is 5.58. The number of rotatable bonds is 6. The van der Waals surface area contributed by atoms with Gasteiger partial charge in [-0.1, -0.05) is 30.3 Å². The van der Waals surface area contributed by atoms with Crippen LogP contribution in [-0.4, -0.2) is 71.1 Å². The Bertz CT molecular complexity index is 1070. The first-order valence-electron chi connectivity index (χ1n) is 9.93. The zero-order chi connectivity index (χ0) is 22.8. The molecule has 0 aliphatic carbocycles. The maximum absolute atomic E-state index is 11.0. The number of nitrogens with zero attached hydrogens (tertiary/aromatic N) is 4. The van der Waals surface area contributed by atoms with Crippen molar-refractivity contribution in [1.82, 2.24) is 14.8 Å². The third kappa shape index (κ3) is 4.11. The molecule has 0 unspecified atom stereocenters. The maximum Gasteiger partial charge on any atom is 0.269 e. The summed E-state index contributed by atoms with van der Waals surface area (Å²) < 4.78 is 7.34. The Morgan fingerprint density at radius 2 is 1.66 bits per heavy atom. The van der Waals surface area contributed by atoms with Crippen molar-refractivity contribution in [3.05, 3.63) is 76.1 Å². The normalized spacial score (nSPS) is 25.6. The van der Waals surface area contributed by atoms with Gasteiger partial charge in [0.05, 0.1) is 18.1 Å². The summed E-state index contributed by atoms with van der Waals surface area (Å²) in [5, 5.41) is 59.7. The molecule has 32 heavy (non-hydrogen) atoms. The lowest BCUT2D eigenvalue weighted by Crippen LogP contribution is -2.55. The summed E-state index contributed by atoms with van der Waals surface area (Å²) in [6.07, 6.45) is -6.84. The van der Waals surface area contributed by atoms with E-state index < -0.39 is 42.1 Å². The van der Waals surface area contributed by atoms with Crippen molar-refractivity contribution >= 4 is 5.69 Å². The molecule has 11 heteroatoms. The zero-order valence-corrected chi connectivity index (χ0v) is 16.8. The number of benzene rings is 2. The summed E-state index contributed by atoms with van der Waals surface area (Å²) in [4.78, 5) is 10.5. The number of nitro benzene ring substituents is 1. The van der Waals surface area contributed by atoms with Crippen LogP contribution in [0.5, 0.6) is 0 Å². The smallest absolute Gasteiger partial charge is 0.269 e. The largest absolute Gasteiger partial charge is 0.394 e. The molecule has 5 atom stereocenters. The van der Waals surface area contributed by atoms with E-state index in [1.54, 1.807) is 16.7 Å². The first-order valence-corrected chi connectivity index (χ1v) is 9.93. The van der Waals surface area contributed by atoms with Crippen molar-refractivity contribution in [1.29, 1.82) is 0 Å². The number of nitro groups is 1. The van der Waals surface area contributed by atoms with Crippen LogP contribution in [0.4, 0.5) is 5.69 Å². The van der Waals surface area contributed by atoms with Crippen molar-refractivity contribution in [3.8, 4) is 11.4 Å². The van der Waals surface area contributed by atoms with Crippen molar-refractivity contribution in [2.75, 3.05) is 6.61 Å². The van der Waals surface area contributed by atoms with E-state index in [1.165, 1.54) is 12.1 Å². The summed E-state index contributed by atoms with van der Waals surface area (Å²) in [5.74, 6) is 0.551. The molecule has 2 aromatic carbocycles. The van der Waals surface area contributed by atoms with Gasteiger partial charge in [-0.2, -0.15) is 0 Å². The van der Waals surface area contributed by atoms with Crippen LogP contribution in [0.3, 0.4) is 0 Å². The number of aromatic nitrogens is 3. The number of aliphatic hydroxyl groups excluding tert-OH is 4. The molecule has 0 saturated carbocycles. The molecule has 2 heterocycles. The quantitative estimate of drug-likeness (QED) is 0.313. The molecular weight excluding hydrogens is 420 g/mol. The van der Waals surface area contributed by atoms with E-state index in [4.69, 9.17) is 4.74 Å². The van der Waals surface area contributed by atoms with Gasteiger partial charge in [0.1, 0.15) is 30.5 Å². The second kappa shape index (κ2) is 9.10. The molecule has 4 N–H and O–H groups in total. The van der Waals surface area contributed by atoms with Crippen LogP contribution < -0.4 is 0 Å². The van der Waals surface area contributed by atoms with Gasteiger partial charge in [-0.3, -0.25) is 10.1 Å². The van der Waals surface area contributed by atoms with Gasteiger partial charge >= 0.3 is 0 Å². The highest BCUT2D eigenvalue weighted by atomic mass is 16.6. The van der Waals surface area contributed by atoms with Gasteiger partial charge in [0.25, 0.3) is 5.69 Å². The molecule has 1 aliphatic rings. The van der Waals surface area contributed by atoms with E-state index in [9.17, 15) is 30.5 Å². The Morgan fingerprint density at radius 1 is 0.969 bits per heavy atom. The van der Waals surface area contributed by atoms with E-state index in [0.29, 0.717) is 11.4 Å². The second-order valence-electron chi connectivity index (χ2n) is 7.51. The lowest BCUT2D eigenvalue weighted by Gasteiger charge is -2.39. The van der Waals surface area contributed by atoms with Gasteiger partial charge < -0.3 is 29.7 Å². The molecule has 1 aromatic heterocycles. The zero-order valence-electron chi connectivity index (χ0n) is 16.8. The SMILES string of the molecule is O=[N+]([O-])c1ccc(-c2nnc([C@@H]3O[C@H](CO)[C@@H](O)[C@H](O)[C@H]3O)n2Cc2ccccc2)cc1. The van der Waals surface area contributed by atoms with Gasteiger partial charge in [0.15, 0.2) is 11.6 Å². The van der Waals surface area contributed by atoms with Crippen molar-refractivity contribution in [2.45, 2.75) is 37.1 Å². The van der Waals surface area contributed by atoms with Gasteiger partial charge in [-0.15, -0.1) is 10.2 Å². The number of non-ortho nitro benzene ring substituents is 1. The highest BCUT2D eigenvalue weighted by Gasteiger charge is 2.46. The minimum absolute atomic E-state index is 0.0722. The molecule has 1 saturated heterocycles. The summed E-state index contributed by atoms with van der Waals surface area (Å²) in [6.45, 7) is -0.284. The molecule has 1 fully saturated rings. The number of hydrogen-bond donors (Lipinski definition) is 4. The summed E-state index contributed by atoms with van der Waals surface area (Å²) >= 11 is 0. The Hall–Kier alpha value is -3.22. The lowest BCUT2D eigenvalue weighted by molar-refractivity contribution is -0.384. The van der Waals surface area contributed by atoms with Crippen LogP contribution in [0.1, 0.15) is 17.5 Å². The molecule has 168 valence electrons. The first kappa shape index (κ1) is 22.0. The lowest BCUT2D eigenvalue weighted by atomic mass is 9.94. The van der Waals surface area contributed by atoms with Crippen LogP contribution in [0, 0.1) is 10.1 Å². The molecule has 0 bridgehead atoms. The van der Waals surface area contributed by atoms with Gasteiger partial charge in [-0.05, 0) is 17.7 Å². The molecule has 0 amide bonds. The monoisotopic (exact) mass is 442 g/mol. The van der Waals surface area contributed by atoms with Gasteiger partial charge in [0, 0.05) is 17.7 Å². The molecule has 0 radical (unpaired) electrons. The average Bonchev–Trinajstić information content (AvgIpc) is 3.21. The van der Waals surface area contributed by atoms with Crippen molar-refractivity contribution in [3.63, 3.8) is 0 Å². The fourth-order valence-electron chi connectivity index (χ4n) is 3.71. The third-order valence-electron chi connectivity index (χ3n) is 5.45. The first-order chi connectivity index (χ1) is 15.4. The van der Waals surface area contributed by atoms with E-state index in [2.05, 4.69) is 10.2 Å². The van der Waals surface area contributed by atoms with Gasteiger partial charge in [0.2, 0.25) is 0 Å². The van der Waals surface area contributed by atoms with E-state index in [-0.39, 0.29) is 18.1 Å². The predicted octanol–water partition coefficient (Wildman–Crippen LogP) is 0.416. The summed E-state index contributed by atoms with van der Waals surface area (Å²) in [5.41, 5.74) is 1.37. The Morgan fingerprint density at radius 3 is 2.28 bits per heavy atom. The van der Waals surface area contributed by atoms with Crippen LogP contribution in [-0.2, 0) is 11.3 Å². The van der Waals surface area contributed by atoms with E-state index in [0.717, 1.165) is 5.56 Å². The molecule has 11 nitrogen and oxygen atoms in total. The number of aliphatic hydroxyl groups is 4. The standard InChI is InChI=1S/C21H22N4O7/c26-11-15-16(27)17(28)18(29)19(32-15)21-23-22-20(13-6-8-14(9-7-13)25(30)31)24(21)10-12-4-2-1-3-5-12/h1-9,15-19,26-29H,10-11H2/t15-,16-,17+,18-,19-/m1/s1. The molecule has 4 rings (SSSR count). The van der Waals surface area contributed by atoms with Crippen molar-refractivity contribution < 1.29 is 30.1 Å².